The number of nitrogen functional groups attached to an aromatic ring is 1. The van der Waals surface area contributed by atoms with Crippen LogP contribution < -0.4 is 11.1 Å². The fraction of sp³-hybridized carbons (Fsp3) is 0.625. The van der Waals surface area contributed by atoms with Crippen LogP contribution in [-0.4, -0.2) is 17.4 Å². The van der Waals surface area contributed by atoms with Gasteiger partial charge in [0.05, 0.1) is 0 Å². The minimum atomic E-state index is -0.0546. The fourth-order valence-electron chi connectivity index (χ4n) is 2.11. The molecule has 0 atom stereocenters. The number of hydrogen-bond acceptors (Lipinski definition) is 3. The predicted molar refractivity (Wildman–Crippen MR) is 83.7 cm³/mol. The Balaban J connectivity index is 2.46. The SMILES string of the molecule is CCCc1cc(C(=O)NCCCCC(C)C)cc(N)n1. The average molecular weight is 277 g/mol. The summed E-state index contributed by atoms with van der Waals surface area (Å²) in [5.41, 5.74) is 7.25. The van der Waals surface area contributed by atoms with Gasteiger partial charge in [0.15, 0.2) is 0 Å². The minimum Gasteiger partial charge on any atom is -0.384 e. The van der Waals surface area contributed by atoms with Crippen LogP contribution in [0.4, 0.5) is 5.82 Å². The molecule has 1 rings (SSSR count). The topological polar surface area (TPSA) is 68.0 Å². The number of nitrogens with two attached hydrogens (primary N) is 1. The third kappa shape index (κ3) is 6.04. The second-order valence-corrected chi connectivity index (χ2v) is 5.67. The van der Waals surface area contributed by atoms with Gasteiger partial charge in [-0.05, 0) is 30.9 Å². The molecule has 0 aliphatic carbocycles. The van der Waals surface area contributed by atoms with Gasteiger partial charge in [0.25, 0.3) is 5.91 Å². The number of carbonyl (C=O) groups is 1. The van der Waals surface area contributed by atoms with Crippen LogP contribution in [0.15, 0.2) is 12.1 Å². The lowest BCUT2D eigenvalue weighted by atomic mass is 10.1. The Labute approximate surface area is 122 Å². The van der Waals surface area contributed by atoms with Crippen molar-refractivity contribution in [3.05, 3.63) is 23.4 Å². The van der Waals surface area contributed by atoms with Crippen LogP contribution in [0, 0.1) is 5.92 Å². The lowest BCUT2D eigenvalue weighted by Gasteiger charge is -2.08. The van der Waals surface area contributed by atoms with E-state index in [0.29, 0.717) is 11.4 Å². The van der Waals surface area contributed by atoms with Crippen molar-refractivity contribution >= 4 is 11.7 Å². The molecule has 3 N–H and O–H groups in total. The van der Waals surface area contributed by atoms with Gasteiger partial charge in [-0.3, -0.25) is 4.79 Å². The van der Waals surface area contributed by atoms with E-state index in [-0.39, 0.29) is 5.91 Å². The molecule has 1 heterocycles. The summed E-state index contributed by atoms with van der Waals surface area (Å²) in [5.74, 6) is 1.09. The molecule has 1 aromatic heterocycles. The van der Waals surface area contributed by atoms with Gasteiger partial charge in [-0.1, -0.05) is 40.0 Å². The smallest absolute Gasteiger partial charge is 0.251 e. The zero-order valence-corrected chi connectivity index (χ0v) is 12.9. The van der Waals surface area contributed by atoms with Crippen LogP contribution in [0.2, 0.25) is 0 Å². The number of aromatic nitrogens is 1. The van der Waals surface area contributed by atoms with E-state index in [0.717, 1.165) is 43.8 Å². The number of nitrogens with one attached hydrogen (secondary N) is 1. The summed E-state index contributed by atoms with van der Waals surface area (Å²) in [4.78, 5) is 16.3. The quantitative estimate of drug-likeness (QED) is 0.717. The van der Waals surface area contributed by atoms with Crippen LogP contribution in [-0.2, 0) is 6.42 Å². The number of aryl methyl sites for hydroxylation is 1. The van der Waals surface area contributed by atoms with E-state index in [1.54, 1.807) is 6.07 Å². The zero-order chi connectivity index (χ0) is 15.0. The number of pyridine rings is 1. The highest BCUT2D eigenvalue weighted by Crippen LogP contribution is 2.10. The Kier molecular flexibility index (Phi) is 7.05. The monoisotopic (exact) mass is 277 g/mol. The Hall–Kier alpha value is -1.58. The molecule has 0 aromatic carbocycles. The highest BCUT2D eigenvalue weighted by Gasteiger charge is 2.08. The molecule has 0 saturated carbocycles. The van der Waals surface area contributed by atoms with Gasteiger partial charge in [-0.15, -0.1) is 0 Å². The molecule has 0 unspecified atom stereocenters. The number of rotatable bonds is 8. The molecule has 20 heavy (non-hydrogen) atoms. The third-order valence-corrected chi connectivity index (χ3v) is 3.16. The molecule has 1 amide bonds. The van der Waals surface area contributed by atoms with E-state index in [1.807, 2.05) is 6.07 Å². The van der Waals surface area contributed by atoms with Gasteiger partial charge in [0.2, 0.25) is 0 Å². The largest absolute Gasteiger partial charge is 0.384 e. The molecule has 0 radical (unpaired) electrons. The van der Waals surface area contributed by atoms with E-state index in [9.17, 15) is 4.79 Å². The Morgan fingerprint density at radius 3 is 2.75 bits per heavy atom. The predicted octanol–water partition coefficient (Wildman–Crippen LogP) is 3.17. The number of unbranched alkanes of at least 4 members (excludes halogenated alkanes) is 1. The first-order valence-electron chi connectivity index (χ1n) is 7.57. The normalized spacial score (nSPS) is 10.8. The molecule has 0 fully saturated rings. The lowest BCUT2D eigenvalue weighted by Crippen LogP contribution is -2.25. The van der Waals surface area contributed by atoms with Gasteiger partial charge in [-0.25, -0.2) is 4.98 Å². The molecule has 1 aromatic rings. The molecular weight excluding hydrogens is 250 g/mol. The number of hydrogen-bond donors (Lipinski definition) is 2. The molecule has 112 valence electrons. The van der Waals surface area contributed by atoms with Crippen molar-refractivity contribution < 1.29 is 4.79 Å². The van der Waals surface area contributed by atoms with Gasteiger partial charge in [0, 0.05) is 17.8 Å². The second kappa shape index (κ2) is 8.56. The van der Waals surface area contributed by atoms with E-state index >= 15 is 0 Å². The zero-order valence-electron chi connectivity index (χ0n) is 12.9. The summed E-state index contributed by atoms with van der Waals surface area (Å²) in [6, 6.07) is 3.48. The van der Waals surface area contributed by atoms with Crippen molar-refractivity contribution in [1.29, 1.82) is 0 Å². The van der Waals surface area contributed by atoms with Gasteiger partial charge < -0.3 is 11.1 Å². The molecule has 0 aliphatic rings. The van der Waals surface area contributed by atoms with Gasteiger partial charge in [0.1, 0.15) is 5.82 Å². The molecule has 0 aliphatic heterocycles. The van der Waals surface area contributed by atoms with Crippen molar-refractivity contribution in [2.75, 3.05) is 12.3 Å². The Bertz CT molecular complexity index is 430. The van der Waals surface area contributed by atoms with Gasteiger partial charge in [-0.2, -0.15) is 0 Å². The molecule has 0 bridgehead atoms. The Morgan fingerprint density at radius 2 is 2.10 bits per heavy atom. The van der Waals surface area contributed by atoms with Crippen LogP contribution in [0.5, 0.6) is 0 Å². The van der Waals surface area contributed by atoms with Crippen LogP contribution in [0.25, 0.3) is 0 Å². The first-order valence-corrected chi connectivity index (χ1v) is 7.57. The second-order valence-electron chi connectivity index (χ2n) is 5.67. The van der Waals surface area contributed by atoms with E-state index in [4.69, 9.17) is 5.73 Å². The molecule has 0 saturated heterocycles. The van der Waals surface area contributed by atoms with Crippen molar-refractivity contribution in [2.24, 2.45) is 5.92 Å². The summed E-state index contributed by atoms with van der Waals surface area (Å²) >= 11 is 0. The maximum absolute atomic E-state index is 12.1. The van der Waals surface area contributed by atoms with Crippen LogP contribution >= 0.6 is 0 Å². The maximum Gasteiger partial charge on any atom is 0.251 e. The van der Waals surface area contributed by atoms with E-state index in [1.165, 1.54) is 6.42 Å². The number of anilines is 1. The standard InChI is InChI=1S/C16H27N3O/c1-4-7-14-10-13(11-15(17)19-14)16(20)18-9-6-5-8-12(2)3/h10-12H,4-9H2,1-3H3,(H2,17,19)(H,18,20). The summed E-state index contributed by atoms with van der Waals surface area (Å²) in [7, 11) is 0. The molecule has 4 nitrogen and oxygen atoms in total. The summed E-state index contributed by atoms with van der Waals surface area (Å²) in [6.07, 6.45) is 5.22. The summed E-state index contributed by atoms with van der Waals surface area (Å²) < 4.78 is 0. The lowest BCUT2D eigenvalue weighted by molar-refractivity contribution is 0.0952. The highest BCUT2D eigenvalue weighted by molar-refractivity contribution is 5.94. The molecule has 4 heteroatoms. The number of nitrogens with zero attached hydrogens (tertiary/aromatic N) is 1. The molecule has 0 spiro atoms. The number of amides is 1. The first kappa shape index (κ1) is 16.5. The Morgan fingerprint density at radius 1 is 1.35 bits per heavy atom. The van der Waals surface area contributed by atoms with Crippen molar-refractivity contribution in [2.45, 2.75) is 52.9 Å². The van der Waals surface area contributed by atoms with Crippen molar-refractivity contribution in [1.82, 2.24) is 10.3 Å². The van der Waals surface area contributed by atoms with Gasteiger partial charge >= 0.3 is 0 Å². The first-order chi connectivity index (χ1) is 9.52. The summed E-state index contributed by atoms with van der Waals surface area (Å²) in [5, 5.41) is 2.95. The van der Waals surface area contributed by atoms with E-state index < -0.39 is 0 Å². The fourth-order valence-corrected chi connectivity index (χ4v) is 2.11. The van der Waals surface area contributed by atoms with Crippen LogP contribution in [0.3, 0.4) is 0 Å². The molecular formula is C16H27N3O. The van der Waals surface area contributed by atoms with Crippen LogP contribution in [0.1, 0.15) is 62.5 Å². The highest BCUT2D eigenvalue weighted by atomic mass is 16.1. The van der Waals surface area contributed by atoms with Crippen molar-refractivity contribution in [3.63, 3.8) is 0 Å². The maximum atomic E-state index is 12.1. The van der Waals surface area contributed by atoms with Crippen molar-refractivity contribution in [3.8, 4) is 0 Å². The minimum absolute atomic E-state index is 0.0546. The number of carbonyl (C=O) groups excluding carboxylic acids is 1. The summed E-state index contributed by atoms with van der Waals surface area (Å²) in [6.45, 7) is 7.23. The van der Waals surface area contributed by atoms with E-state index in [2.05, 4.69) is 31.1 Å². The third-order valence-electron chi connectivity index (χ3n) is 3.16. The average Bonchev–Trinajstić information content (AvgIpc) is 2.37.